The molecule has 2 atom stereocenters. The van der Waals surface area contributed by atoms with Gasteiger partial charge in [-0.25, -0.2) is 9.67 Å². The quantitative estimate of drug-likeness (QED) is 0.681. The van der Waals surface area contributed by atoms with Crippen molar-refractivity contribution in [3.63, 3.8) is 0 Å². The van der Waals surface area contributed by atoms with E-state index in [0.717, 1.165) is 12.2 Å². The summed E-state index contributed by atoms with van der Waals surface area (Å²) in [7, 11) is -1.86. The molecule has 124 valence electrons. The molecule has 0 aliphatic carbocycles. The van der Waals surface area contributed by atoms with Gasteiger partial charge in [-0.15, -0.1) is 5.10 Å². The Kier molecular flexibility index (Phi) is 4.27. The maximum absolute atomic E-state index is 6.65. The minimum atomic E-state index is -1.86. The molecule has 2 aromatic rings. The van der Waals surface area contributed by atoms with E-state index in [1.165, 1.54) is 5.56 Å². The fourth-order valence-corrected chi connectivity index (χ4v) is 4.37. The van der Waals surface area contributed by atoms with Crippen LogP contribution in [0.1, 0.15) is 50.7 Å². The van der Waals surface area contributed by atoms with Crippen LogP contribution in [0.5, 0.6) is 0 Å². The number of aromatic nitrogens is 3. The van der Waals surface area contributed by atoms with E-state index in [1.54, 1.807) is 0 Å². The highest BCUT2D eigenvalue weighted by atomic mass is 79.9. The van der Waals surface area contributed by atoms with Crippen LogP contribution >= 0.6 is 15.9 Å². The minimum absolute atomic E-state index is 0.0138. The molecule has 1 aromatic carbocycles. The third-order valence-corrected chi connectivity index (χ3v) is 9.90. The maximum Gasteiger partial charge on any atom is 0.217 e. The minimum Gasteiger partial charge on any atom is -0.407 e. The van der Waals surface area contributed by atoms with Crippen molar-refractivity contribution in [2.75, 3.05) is 0 Å². The molecule has 0 spiro atoms. The molecule has 1 aliphatic rings. The predicted octanol–water partition coefficient (Wildman–Crippen LogP) is 5.10. The Hall–Kier alpha value is -0.983. The van der Waals surface area contributed by atoms with Gasteiger partial charge < -0.3 is 4.43 Å². The van der Waals surface area contributed by atoms with Crippen molar-refractivity contribution < 1.29 is 4.43 Å². The summed E-state index contributed by atoms with van der Waals surface area (Å²) in [5.41, 5.74) is 1.26. The first-order chi connectivity index (χ1) is 10.7. The maximum atomic E-state index is 6.65. The number of halogens is 1. The monoisotopic (exact) mass is 393 g/mol. The van der Waals surface area contributed by atoms with Crippen LogP contribution in [0.2, 0.25) is 18.1 Å². The van der Waals surface area contributed by atoms with Crippen LogP contribution in [0.4, 0.5) is 0 Å². The summed E-state index contributed by atoms with van der Waals surface area (Å²) >= 11 is 3.42. The Morgan fingerprint density at radius 3 is 2.48 bits per heavy atom. The summed E-state index contributed by atoms with van der Waals surface area (Å²) in [4.78, 5) is 4.58. The number of fused-ring (bicyclic) bond motifs is 1. The lowest BCUT2D eigenvalue weighted by Crippen LogP contribution is -2.41. The smallest absolute Gasteiger partial charge is 0.217 e. The SMILES string of the molecule is CC(C)(C)[Si](C)(C)O[C@H]1C[C@@H](c2ccccc2)n2nc(Br)nc21. The summed E-state index contributed by atoms with van der Waals surface area (Å²) in [6.07, 6.45) is 0.916. The molecular formula is C17H24BrN3OSi. The first kappa shape index (κ1) is 16.9. The molecule has 4 nitrogen and oxygen atoms in total. The lowest BCUT2D eigenvalue weighted by molar-refractivity contribution is 0.178. The van der Waals surface area contributed by atoms with Crippen LogP contribution in [0.15, 0.2) is 35.1 Å². The van der Waals surface area contributed by atoms with Crippen molar-refractivity contribution in [1.82, 2.24) is 14.8 Å². The summed E-state index contributed by atoms with van der Waals surface area (Å²) in [6.45, 7) is 11.4. The van der Waals surface area contributed by atoms with Crippen molar-refractivity contribution in [3.05, 3.63) is 46.5 Å². The fourth-order valence-electron chi connectivity index (χ4n) is 2.75. The highest BCUT2D eigenvalue weighted by Crippen LogP contribution is 2.45. The van der Waals surface area contributed by atoms with Gasteiger partial charge in [0.05, 0.1) is 6.04 Å². The zero-order valence-corrected chi connectivity index (χ0v) is 17.0. The second-order valence-electron chi connectivity index (χ2n) is 7.71. The normalized spacial score (nSPS) is 21.5. The summed E-state index contributed by atoms with van der Waals surface area (Å²) < 4.78 is 9.31. The van der Waals surface area contributed by atoms with Gasteiger partial charge in [-0.3, -0.25) is 0 Å². The van der Waals surface area contributed by atoms with Crippen molar-refractivity contribution in [2.24, 2.45) is 0 Å². The first-order valence-electron chi connectivity index (χ1n) is 8.04. The molecule has 0 fully saturated rings. The number of hydrogen-bond acceptors (Lipinski definition) is 3. The van der Waals surface area contributed by atoms with E-state index >= 15 is 0 Å². The Labute approximate surface area is 147 Å². The second kappa shape index (κ2) is 5.83. The van der Waals surface area contributed by atoms with Crippen LogP contribution in [-0.2, 0) is 4.43 Å². The summed E-state index contributed by atoms with van der Waals surface area (Å²) in [5, 5.41) is 4.73. The van der Waals surface area contributed by atoms with Gasteiger partial charge in [-0.1, -0.05) is 51.1 Å². The number of nitrogens with zero attached hydrogens (tertiary/aromatic N) is 3. The van der Waals surface area contributed by atoms with E-state index in [-0.39, 0.29) is 17.2 Å². The van der Waals surface area contributed by atoms with Gasteiger partial charge in [-0.2, -0.15) is 0 Å². The number of rotatable bonds is 3. The van der Waals surface area contributed by atoms with Gasteiger partial charge in [0.2, 0.25) is 4.73 Å². The van der Waals surface area contributed by atoms with Crippen LogP contribution in [0.25, 0.3) is 0 Å². The standard InChI is InChI=1S/C17H24BrN3OSi/c1-17(2,3)23(4,5)22-14-11-13(12-9-7-6-8-10-12)21-15(14)19-16(18)20-21/h6-10,13-14H,11H2,1-5H3/t13-,14-/m0/s1. The molecule has 0 saturated carbocycles. The molecule has 23 heavy (non-hydrogen) atoms. The van der Waals surface area contributed by atoms with Gasteiger partial charge in [0.1, 0.15) is 6.10 Å². The molecule has 0 unspecified atom stereocenters. The molecule has 2 heterocycles. The van der Waals surface area contributed by atoms with E-state index in [0.29, 0.717) is 4.73 Å². The van der Waals surface area contributed by atoms with E-state index < -0.39 is 8.32 Å². The van der Waals surface area contributed by atoms with Gasteiger partial charge >= 0.3 is 0 Å². The molecule has 0 amide bonds. The lowest BCUT2D eigenvalue weighted by atomic mass is 10.0. The molecule has 0 N–H and O–H groups in total. The number of benzene rings is 1. The highest BCUT2D eigenvalue weighted by Gasteiger charge is 2.44. The van der Waals surface area contributed by atoms with Crippen LogP contribution in [-0.4, -0.2) is 23.1 Å². The van der Waals surface area contributed by atoms with Crippen LogP contribution in [0, 0.1) is 0 Å². The topological polar surface area (TPSA) is 39.9 Å². The van der Waals surface area contributed by atoms with Crippen LogP contribution < -0.4 is 0 Å². The molecule has 0 radical (unpaired) electrons. The summed E-state index contributed by atoms with van der Waals surface area (Å²) in [5.74, 6) is 0.940. The largest absolute Gasteiger partial charge is 0.407 e. The van der Waals surface area contributed by atoms with Crippen molar-refractivity contribution in [2.45, 2.75) is 57.5 Å². The zero-order chi connectivity index (χ0) is 16.8. The van der Waals surface area contributed by atoms with E-state index in [9.17, 15) is 0 Å². The molecule has 3 rings (SSSR count). The second-order valence-corrected chi connectivity index (χ2v) is 13.2. The molecular weight excluding hydrogens is 370 g/mol. The van der Waals surface area contributed by atoms with Gasteiger partial charge in [0, 0.05) is 6.42 Å². The fraction of sp³-hybridized carbons (Fsp3) is 0.529. The molecule has 0 saturated heterocycles. The highest BCUT2D eigenvalue weighted by molar-refractivity contribution is 9.10. The van der Waals surface area contributed by atoms with Gasteiger partial charge in [0.15, 0.2) is 14.1 Å². The van der Waals surface area contributed by atoms with Crippen molar-refractivity contribution >= 4 is 24.2 Å². The Balaban J connectivity index is 1.93. The predicted molar refractivity (Wildman–Crippen MR) is 97.9 cm³/mol. The van der Waals surface area contributed by atoms with Crippen molar-refractivity contribution in [1.29, 1.82) is 0 Å². The van der Waals surface area contributed by atoms with Crippen LogP contribution in [0.3, 0.4) is 0 Å². The Morgan fingerprint density at radius 2 is 1.87 bits per heavy atom. The average Bonchev–Trinajstić information content (AvgIpc) is 2.97. The van der Waals surface area contributed by atoms with Gasteiger partial charge in [-0.05, 0) is 39.6 Å². The lowest BCUT2D eigenvalue weighted by Gasteiger charge is -2.38. The average molecular weight is 394 g/mol. The van der Waals surface area contributed by atoms with Gasteiger partial charge in [0.25, 0.3) is 0 Å². The molecule has 1 aliphatic heterocycles. The molecule has 6 heteroatoms. The third kappa shape index (κ3) is 3.16. The molecule has 0 bridgehead atoms. The first-order valence-corrected chi connectivity index (χ1v) is 11.7. The Morgan fingerprint density at radius 1 is 1.22 bits per heavy atom. The number of hydrogen-bond donors (Lipinski definition) is 0. The Bertz CT molecular complexity index is 694. The zero-order valence-electron chi connectivity index (χ0n) is 14.4. The van der Waals surface area contributed by atoms with E-state index in [4.69, 9.17) is 4.43 Å². The third-order valence-electron chi connectivity index (χ3n) is 5.08. The van der Waals surface area contributed by atoms with Crippen molar-refractivity contribution in [3.8, 4) is 0 Å². The summed E-state index contributed by atoms with van der Waals surface area (Å²) in [6, 6.07) is 10.7. The molecule has 1 aromatic heterocycles. The van der Waals surface area contributed by atoms with E-state index in [2.05, 4.69) is 84.1 Å². The van der Waals surface area contributed by atoms with E-state index in [1.807, 2.05) is 10.7 Å².